The standard InChI is InChI=1S/C28H29N5O3/c1-17-13-18(2)30-28(29-17)33-27-26(19(3)31-33)23(22-12-11-21(35-4)14-24(22)36-5)15-25(34)32(27)16-20-9-7-6-8-10-20/h6-14,23H,15-16H2,1-5H3/t23-/m0/s1. The lowest BCUT2D eigenvalue weighted by atomic mass is 9.84. The zero-order valence-electron chi connectivity index (χ0n) is 21.1. The van der Waals surface area contributed by atoms with E-state index in [1.165, 1.54) is 0 Å². The summed E-state index contributed by atoms with van der Waals surface area (Å²) in [5, 5.41) is 4.87. The van der Waals surface area contributed by atoms with Gasteiger partial charge in [-0.15, -0.1) is 0 Å². The summed E-state index contributed by atoms with van der Waals surface area (Å²) in [5.74, 6) is 2.27. The zero-order valence-corrected chi connectivity index (χ0v) is 21.1. The Morgan fingerprint density at radius 2 is 1.67 bits per heavy atom. The van der Waals surface area contributed by atoms with Gasteiger partial charge in [0.05, 0.1) is 26.5 Å². The van der Waals surface area contributed by atoms with E-state index in [0.29, 0.717) is 36.2 Å². The fourth-order valence-corrected chi connectivity index (χ4v) is 4.94. The van der Waals surface area contributed by atoms with Gasteiger partial charge in [0.1, 0.15) is 17.3 Å². The number of amides is 1. The lowest BCUT2D eigenvalue weighted by Gasteiger charge is -2.33. The summed E-state index contributed by atoms with van der Waals surface area (Å²) in [6.07, 6.45) is 0.294. The molecule has 4 aromatic rings. The topological polar surface area (TPSA) is 82.4 Å². The number of benzene rings is 2. The highest BCUT2D eigenvalue weighted by Crippen LogP contribution is 2.46. The smallest absolute Gasteiger partial charge is 0.252 e. The molecule has 0 fully saturated rings. The Balaban J connectivity index is 1.72. The van der Waals surface area contributed by atoms with E-state index in [1.807, 2.05) is 75.4 Å². The van der Waals surface area contributed by atoms with Crippen molar-refractivity contribution >= 4 is 11.7 Å². The van der Waals surface area contributed by atoms with Crippen molar-refractivity contribution in [3.05, 3.63) is 88.4 Å². The molecule has 2 aromatic carbocycles. The van der Waals surface area contributed by atoms with Crippen LogP contribution < -0.4 is 14.4 Å². The summed E-state index contributed by atoms with van der Waals surface area (Å²) in [6, 6.07) is 17.6. The highest BCUT2D eigenvalue weighted by atomic mass is 16.5. The maximum atomic E-state index is 13.8. The molecule has 8 nitrogen and oxygen atoms in total. The van der Waals surface area contributed by atoms with Crippen molar-refractivity contribution in [2.75, 3.05) is 19.1 Å². The maximum absolute atomic E-state index is 13.8. The Hall–Kier alpha value is -4.20. The van der Waals surface area contributed by atoms with Gasteiger partial charge in [0, 0.05) is 40.9 Å². The average molecular weight is 484 g/mol. The van der Waals surface area contributed by atoms with E-state index in [1.54, 1.807) is 23.8 Å². The summed E-state index contributed by atoms with van der Waals surface area (Å²) in [7, 11) is 3.25. The minimum absolute atomic E-state index is 0.000232. The van der Waals surface area contributed by atoms with Crippen molar-refractivity contribution in [1.82, 2.24) is 19.7 Å². The van der Waals surface area contributed by atoms with E-state index < -0.39 is 0 Å². The number of hydrogen-bond acceptors (Lipinski definition) is 6. The van der Waals surface area contributed by atoms with E-state index in [4.69, 9.17) is 14.6 Å². The monoisotopic (exact) mass is 483 g/mol. The molecule has 184 valence electrons. The van der Waals surface area contributed by atoms with E-state index in [9.17, 15) is 4.79 Å². The average Bonchev–Trinajstić information content (AvgIpc) is 3.22. The molecule has 1 atom stereocenters. The van der Waals surface area contributed by atoms with Gasteiger partial charge >= 0.3 is 0 Å². The number of hydrogen-bond donors (Lipinski definition) is 0. The van der Waals surface area contributed by atoms with Crippen LogP contribution in [0.5, 0.6) is 11.5 Å². The molecule has 0 N–H and O–H groups in total. The van der Waals surface area contributed by atoms with Gasteiger partial charge in [-0.2, -0.15) is 9.78 Å². The lowest BCUT2D eigenvalue weighted by molar-refractivity contribution is -0.119. The molecule has 0 aliphatic carbocycles. The normalized spacial score (nSPS) is 15.1. The van der Waals surface area contributed by atoms with Crippen LogP contribution in [0.4, 0.5) is 5.82 Å². The molecule has 5 rings (SSSR count). The van der Waals surface area contributed by atoms with Crippen molar-refractivity contribution in [1.29, 1.82) is 0 Å². The number of rotatable bonds is 6. The number of carbonyl (C=O) groups is 1. The number of methoxy groups -OCH3 is 2. The van der Waals surface area contributed by atoms with Crippen LogP contribution in [-0.4, -0.2) is 39.9 Å². The molecule has 3 heterocycles. The number of ether oxygens (including phenoxy) is 2. The Labute approximate surface area is 210 Å². The largest absolute Gasteiger partial charge is 0.497 e. The molecule has 8 heteroatoms. The van der Waals surface area contributed by atoms with E-state index in [-0.39, 0.29) is 11.8 Å². The molecule has 0 unspecified atom stereocenters. The molecule has 1 aliphatic rings. The summed E-state index contributed by atoms with van der Waals surface area (Å²) in [5.41, 5.74) is 5.41. The van der Waals surface area contributed by atoms with Gasteiger partial charge in [-0.1, -0.05) is 36.4 Å². The minimum atomic E-state index is -0.236. The first-order valence-electron chi connectivity index (χ1n) is 11.9. The fourth-order valence-electron chi connectivity index (χ4n) is 4.94. The van der Waals surface area contributed by atoms with E-state index >= 15 is 0 Å². The third kappa shape index (κ3) is 4.19. The molecule has 0 spiro atoms. The molecule has 1 aliphatic heterocycles. The van der Waals surface area contributed by atoms with Crippen LogP contribution in [0, 0.1) is 20.8 Å². The van der Waals surface area contributed by atoms with Gasteiger partial charge < -0.3 is 9.47 Å². The van der Waals surface area contributed by atoms with Crippen LogP contribution in [0.15, 0.2) is 54.6 Å². The first-order valence-corrected chi connectivity index (χ1v) is 11.9. The molecular formula is C28H29N5O3. The van der Waals surface area contributed by atoms with Crippen LogP contribution in [0.25, 0.3) is 5.95 Å². The predicted molar refractivity (Wildman–Crippen MR) is 137 cm³/mol. The first kappa shape index (κ1) is 23.5. The zero-order chi connectivity index (χ0) is 25.4. The Bertz CT molecular complexity index is 1410. The second kappa shape index (κ2) is 9.45. The predicted octanol–water partition coefficient (Wildman–Crippen LogP) is 4.67. The molecule has 2 aromatic heterocycles. The molecule has 0 saturated heterocycles. The summed E-state index contributed by atoms with van der Waals surface area (Å²) < 4.78 is 12.8. The highest BCUT2D eigenvalue weighted by molar-refractivity contribution is 5.97. The minimum Gasteiger partial charge on any atom is -0.497 e. The van der Waals surface area contributed by atoms with Gasteiger partial charge in [-0.25, -0.2) is 9.97 Å². The molecule has 36 heavy (non-hydrogen) atoms. The quantitative estimate of drug-likeness (QED) is 0.396. The number of carbonyl (C=O) groups excluding carboxylic acids is 1. The van der Waals surface area contributed by atoms with Crippen LogP contribution in [0.3, 0.4) is 0 Å². The second-order valence-corrected chi connectivity index (χ2v) is 9.02. The number of nitrogens with zero attached hydrogens (tertiary/aromatic N) is 5. The summed E-state index contributed by atoms with van der Waals surface area (Å²) >= 11 is 0. The SMILES string of the molecule is COc1ccc([C@@H]2CC(=O)N(Cc3ccccc3)c3c2c(C)nn3-c2nc(C)cc(C)n2)c(OC)c1. The summed E-state index contributed by atoms with van der Waals surface area (Å²) in [6.45, 7) is 6.25. The van der Waals surface area contributed by atoms with Crippen LogP contribution in [0.1, 0.15) is 46.1 Å². The Morgan fingerprint density at radius 1 is 0.944 bits per heavy atom. The lowest BCUT2D eigenvalue weighted by Crippen LogP contribution is -2.38. The second-order valence-electron chi connectivity index (χ2n) is 9.02. The molecule has 0 saturated carbocycles. The first-order chi connectivity index (χ1) is 17.4. The highest BCUT2D eigenvalue weighted by Gasteiger charge is 2.39. The van der Waals surface area contributed by atoms with Crippen LogP contribution >= 0.6 is 0 Å². The molecule has 0 radical (unpaired) electrons. The van der Waals surface area contributed by atoms with Crippen molar-refractivity contribution in [3.8, 4) is 17.4 Å². The third-order valence-corrected chi connectivity index (χ3v) is 6.52. The number of anilines is 1. The van der Waals surface area contributed by atoms with Crippen LogP contribution in [0.2, 0.25) is 0 Å². The molecule has 0 bridgehead atoms. The number of fused-ring (bicyclic) bond motifs is 1. The van der Waals surface area contributed by atoms with Gasteiger partial charge in [0.15, 0.2) is 0 Å². The van der Waals surface area contributed by atoms with Gasteiger partial charge in [0.2, 0.25) is 5.91 Å². The number of aryl methyl sites for hydroxylation is 3. The van der Waals surface area contributed by atoms with Crippen molar-refractivity contribution in [2.24, 2.45) is 0 Å². The van der Waals surface area contributed by atoms with Crippen molar-refractivity contribution < 1.29 is 14.3 Å². The third-order valence-electron chi connectivity index (χ3n) is 6.52. The Kier molecular flexibility index (Phi) is 6.18. The Morgan fingerprint density at radius 3 is 2.33 bits per heavy atom. The van der Waals surface area contributed by atoms with Crippen molar-refractivity contribution in [2.45, 2.75) is 39.7 Å². The molecule has 1 amide bonds. The van der Waals surface area contributed by atoms with Gasteiger partial charge in [-0.05, 0) is 38.5 Å². The molecular weight excluding hydrogens is 454 g/mol. The maximum Gasteiger partial charge on any atom is 0.252 e. The summed E-state index contributed by atoms with van der Waals surface area (Å²) in [4.78, 5) is 24.9. The van der Waals surface area contributed by atoms with E-state index in [2.05, 4.69) is 9.97 Å². The fraction of sp³-hybridized carbons (Fsp3) is 0.286. The van der Waals surface area contributed by atoms with Gasteiger partial charge in [0.25, 0.3) is 5.95 Å². The van der Waals surface area contributed by atoms with Gasteiger partial charge in [-0.3, -0.25) is 9.69 Å². The van der Waals surface area contributed by atoms with E-state index in [0.717, 1.165) is 33.8 Å². The van der Waals surface area contributed by atoms with Crippen LogP contribution in [-0.2, 0) is 11.3 Å². The van der Waals surface area contributed by atoms with Crippen molar-refractivity contribution in [3.63, 3.8) is 0 Å². The number of aromatic nitrogens is 4.